The fourth-order valence-electron chi connectivity index (χ4n) is 3.14. The summed E-state index contributed by atoms with van der Waals surface area (Å²) in [4.78, 5) is 12.5. The van der Waals surface area contributed by atoms with E-state index >= 15 is 0 Å². The third-order valence-electron chi connectivity index (χ3n) is 4.94. The highest BCUT2D eigenvalue weighted by Crippen LogP contribution is 2.28. The standard InChI is InChI=1S/C25H27N3O6S/c1-18(19-10-15-23(32-2)24(16-19)33-3)26-27-25(29)17-28(35(4,30)31)20-11-13-22(14-12-20)34-21-8-6-5-7-9-21/h5-16H,17H2,1-4H3,(H,27,29)/b26-18-. The number of sulfonamides is 1. The second-order valence-electron chi connectivity index (χ2n) is 7.48. The zero-order chi connectivity index (χ0) is 25.4. The van der Waals surface area contributed by atoms with Crippen molar-refractivity contribution in [3.05, 3.63) is 78.4 Å². The van der Waals surface area contributed by atoms with Crippen LogP contribution in [-0.2, 0) is 14.8 Å². The summed E-state index contributed by atoms with van der Waals surface area (Å²) in [5.74, 6) is 1.68. The molecular formula is C25H27N3O6S. The topological polar surface area (TPSA) is 107 Å². The smallest absolute Gasteiger partial charge is 0.260 e. The second kappa shape index (κ2) is 11.4. The number of anilines is 1. The van der Waals surface area contributed by atoms with Crippen LogP contribution in [0.3, 0.4) is 0 Å². The molecule has 0 aromatic heterocycles. The number of carbonyl (C=O) groups is 1. The molecule has 0 aliphatic rings. The molecule has 1 N–H and O–H groups in total. The van der Waals surface area contributed by atoms with Crippen molar-refractivity contribution >= 4 is 27.3 Å². The van der Waals surface area contributed by atoms with Crippen molar-refractivity contribution in [1.29, 1.82) is 0 Å². The number of amides is 1. The molecule has 0 spiro atoms. The molecule has 0 aliphatic heterocycles. The molecule has 0 saturated heterocycles. The van der Waals surface area contributed by atoms with Gasteiger partial charge in [-0.1, -0.05) is 18.2 Å². The van der Waals surface area contributed by atoms with E-state index in [0.29, 0.717) is 40.0 Å². The van der Waals surface area contributed by atoms with Crippen LogP contribution in [0.25, 0.3) is 0 Å². The largest absolute Gasteiger partial charge is 0.493 e. The Morgan fingerprint density at radius 2 is 1.54 bits per heavy atom. The third-order valence-corrected chi connectivity index (χ3v) is 6.08. The second-order valence-corrected chi connectivity index (χ2v) is 9.39. The van der Waals surface area contributed by atoms with Gasteiger partial charge in [-0.3, -0.25) is 9.10 Å². The first kappa shape index (κ1) is 25.6. The van der Waals surface area contributed by atoms with Crippen molar-refractivity contribution in [2.75, 3.05) is 31.3 Å². The van der Waals surface area contributed by atoms with Gasteiger partial charge in [0.15, 0.2) is 11.5 Å². The number of nitrogens with one attached hydrogen (secondary N) is 1. The van der Waals surface area contributed by atoms with E-state index in [-0.39, 0.29) is 0 Å². The summed E-state index contributed by atoms with van der Waals surface area (Å²) in [7, 11) is -0.678. The van der Waals surface area contributed by atoms with Crippen molar-refractivity contribution in [2.24, 2.45) is 5.10 Å². The fraction of sp³-hybridized carbons (Fsp3) is 0.200. The molecule has 10 heteroatoms. The normalized spacial score (nSPS) is 11.5. The predicted octanol–water partition coefficient (Wildman–Crippen LogP) is 3.80. The maximum absolute atomic E-state index is 12.5. The number of hydrogen-bond acceptors (Lipinski definition) is 7. The van der Waals surface area contributed by atoms with Gasteiger partial charge in [-0.15, -0.1) is 0 Å². The van der Waals surface area contributed by atoms with E-state index in [1.165, 1.54) is 14.2 Å². The lowest BCUT2D eigenvalue weighted by Gasteiger charge is -2.21. The lowest BCUT2D eigenvalue weighted by atomic mass is 10.1. The minimum atomic E-state index is -3.74. The molecule has 35 heavy (non-hydrogen) atoms. The van der Waals surface area contributed by atoms with Crippen LogP contribution in [0.2, 0.25) is 0 Å². The maximum atomic E-state index is 12.5. The van der Waals surface area contributed by atoms with Gasteiger partial charge in [0.05, 0.1) is 31.9 Å². The van der Waals surface area contributed by atoms with Crippen molar-refractivity contribution in [3.63, 3.8) is 0 Å². The Labute approximate surface area is 205 Å². The monoisotopic (exact) mass is 497 g/mol. The van der Waals surface area contributed by atoms with Crippen LogP contribution in [-0.4, -0.2) is 47.1 Å². The first-order valence-corrected chi connectivity index (χ1v) is 12.4. The summed E-state index contributed by atoms with van der Waals surface area (Å²) in [6, 6.07) is 20.9. The maximum Gasteiger partial charge on any atom is 0.260 e. The first-order valence-electron chi connectivity index (χ1n) is 10.6. The molecule has 0 saturated carbocycles. The zero-order valence-corrected chi connectivity index (χ0v) is 20.7. The minimum Gasteiger partial charge on any atom is -0.493 e. The van der Waals surface area contributed by atoms with E-state index in [1.54, 1.807) is 49.4 Å². The van der Waals surface area contributed by atoms with Crippen LogP contribution < -0.4 is 23.9 Å². The van der Waals surface area contributed by atoms with Crippen LogP contribution in [0.15, 0.2) is 77.9 Å². The molecule has 1 amide bonds. The summed E-state index contributed by atoms with van der Waals surface area (Å²) in [6.45, 7) is 1.27. The van der Waals surface area contributed by atoms with Gasteiger partial charge in [0.25, 0.3) is 5.91 Å². The van der Waals surface area contributed by atoms with Crippen LogP contribution in [0.1, 0.15) is 12.5 Å². The average molecular weight is 498 g/mol. The number of nitrogens with zero attached hydrogens (tertiary/aromatic N) is 2. The van der Waals surface area contributed by atoms with E-state index in [9.17, 15) is 13.2 Å². The van der Waals surface area contributed by atoms with Crippen LogP contribution in [0.4, 0.5) is 5.69 Å². The molecule has 0 radical (unpaired) electrons. The fourth-order valence-corrected chi connectivity index (χ4v) is 4.00. The Kier molecular flexibility index (Phi) is 8.32. The summed E-state index contributed by atoms with van der Waals surface area (Å²) in [5, 5.41) is 4.09. The quantitative estimate of drug-likeness (QED) is 0.337. The number of para-hydroxylation sites is 1. The molecule has 9 nitrogen and oxygen atoms in total. The van der Waals surface area contributed by atoms with Crippen LogP contribution in [0, 0.1) is 0 Å². The SMILES string of the molecule is COc1ccc(/C(C)=N\NC(=O)CN(c2ccc(Oc3ccccc3)cc2)S(C)(=O)=O)cc1OC. The lowest BCUT2D eigenvalue weighted by molar-refractivity contribution is -0.119. The third kappa shape index (κ3) is 6.97. The summed E-state index contributed by atoms with van der Waals surface area (Å²) in [6.07, 6.45) is 1.03. The molecule has 0 fully saturated rings. The molecule has 0 bridgehead atoms. The molecular weight excluding hydrogens is 470 g/mol. The van der Waals surface area contributed by atoms with Crippen molar-refractivity contribution in [3.8, 4) is 23.0 Å². The number of benzene rings is 3. The summed E-state index contributed by atoms with van der Waals surface area (Å²) in [5.41, 5.74) is 3.94. The molecule has 0 aliphatic carbocycles. The van der Waals surface area contributed by atoms with E-state index in [4.69, 9.17) is 14.2 Å². The van der Waals surface area contributed by atoms with Crippen molar-refractivity contribution in [1.82, 2.24) is 5.43 Å². The number of carbonyl (C=O) groups excluding carboxylic acids is 1. The number of ether oxygens (including phenoxy) is 3. The van der Waals surface area contributed by atoms with Crippen LogP contribution >= 0.6 is 0 Å². The number of hydrazone groups is 1. The Morgan fingerprint density at radius 3 is 2.14 bits per heavy atom. The van der Waals surface area contributed by atoms with Gasteiger partial charge in [-0.25, -0.2) is 13.8 Å². The average Bonchev–Trinajstić information content (AvgIpc) is 2.86. The van der Waals surface area contributed by atoms with Gasteiger partial charge in [-0.2, -0.15) is 5.10 Å². The van der Waals surface area contributed by atoms with E-state index < -0.39 is 22.5 Å². The Morgan fingerprint density at radius 1 is 0.914 bits per heavy atom. The molecule has 3 aromatic carbocycles. The Balaban J connectivity index is 1.70. The highest BCUT2D eigenvalue weighted by molar-refractivity contribution is 7.92. The minimum absolute atomic E-state index is 0.323. The van der Waals surface area contributed by atoms with Crippen molar-refractivity contribution < 1.29 is 27.4 Å². The molecule has 0 atom stereocenters. The van der Waals surface area contributed by atoms with Gasteiger partial charge >= 0.3 is 0 Å². The Bertz CT molecular complexity index is 1290. The zero-order valence-electron chi connectivity index (χ0n) is 19.9. The van der Waals surface area contributed by atoms with Gasteiger partial charge in [0.1, 0.15) is 18.0 Å². The summed E-state index contributed by atoms with van der Waals surface area (Å²) >= 11 is 0. The molecule has 184 valence electrons. The highest BCUT2D eigenvalue weighted by Gasteiger charge is 2.21. The molecule has 0 heterocycles. The van der Waals surface area contributed by atoms with Crippen LogP contribution in [0.5, 0.6) is 23.0 Å². The van der Waals surface area contributed by atoms with Crippen molar-refractivity contribution in [2.45, 2.75) is 6.92 Å². The van der Waals surface area contributed by atoms with Gasteiger partial charge in [-0.05, 0) is 61.5 Å². The predicted molar refractivity (Wildman–Crippen MR) is 135 cm³/mol. The molecule has 3 aromatic rings. The number of methoxy groups -OCH3 is 2. The molecule has 3 rings (SSSR count). The van der Waals surface area contributed by atoms with E-state index in [2.05, 4.69) is 10.5 Å². The number of hydrogen-bond donors (Lipinski definition) is 1. The first-order chi connectivity index (χ1) is 16.7. The van der Waals surface area contributed by atoms with Gasteiger partial charge in [0, 0.05) is 5.56 Å². The highest BCUT2D eigenvalue weighted by atomic mass is 32.2. The van der Waals surface area contributed by atoms with Gasteiger partial charge < -0.3 is 14.2 Å². The van der Waals surface area contributed by atoms with E-state index in [1.807, 2.05) is 30.3 Å². The molecule has 0 unspecified atom stereocenters. The number of rotatable bonds is 10. The summed E-state index contributed by atoms with van der Waals surface area (Å²) < 4.78 is 42.0. The lowest BCUT2D eigenvalue weighted by Crippen LogP contribution is -2.39. The van der Waals surface area contributed by atoms with E-state index in [0.717, 1.165) is 10.6 Å². The Hall–Kier alpha value is -4.05. The van der Waals surface area contributed by atoms with Gasteiger partial charge in [0.2, 0.25) is 10.0 Å².